The summed E-state index contributed by atoms with van der Waals surface area (Å²) in [6.45, 7) is 9.92. The van der Waals surface area contributed by atoms with Crippen LogP contribution >= 0.6 is 0 Å². The number of aliphatic imine (C=N–C) groups is 1. The van der Waals surface area contributed by atoms with E-state index in [0.29, 0.717) is 18.1 Å². The van der Waals surface area contributed by atoms with E-state index in [2.05, 4.69) is 25.7 Å². The first kappa shape index (κ1) is 14.2. The minimum absolute atomic E-state index is 0.138. The van der Waals surface area contributed by atoms with Crippen molar-refractivity contribution in [3.8, 4) is 0 Å². The molecule has 1 saturated carbocycles. The summed E-state index contributed by atoms with van der Waals surface area (Å²) in [5.74, 6) is 2.18. The first-order valence-electron chi connectivity index (χ1n) is 8.20. The lowest BCUT2D eigenvalue weighted by molar-refractivity contribution is -0.182. The maximum absolute atomic E-state index is 6.28. The second-order valence-corrected chi connectivity index (χ2v) is 7.52. The van der Waals surface area contributed by atoms with E-state index in [-0.39, 0.29) is 5.41 Å². The predicted molar refractivity (Wildman–Crippen MR) is 81.6 cm³/mol. The average molecular weight is 279 g/mol. The molecule has 0 aromatic heterocycles. The number of fused-ring (bicyclic) bond motifs is 1. The number of ether oxygens (including phenoxy) is 1. The van der Waals surface area contributed by atoms with Gasteiger partial charge in [0, 0.05) is 31.0 Å². The molecule has 4 nitrogen and oxygen atoms in total. The molecule has 0 aromatic rings. The third-order valence-electron chi connectivity index (χ3n) is 5.65. The van der Waals surface area contributed by atoms with Crippen LogP contribution in [0.5, 0.6) is 0 Å². The summed E-state index contributed by atoms with van der Waals surface area (Å²) in [5.41, 5.74) is 6.42. The number of piperidine rings is 1. The van der Waals surface area contributed by atoms with Crippen LogP contribution in [0.2, 0.25) is 0 Å². The highest BCUT2D eigenvalue weighted by atomic mass is 16.5. The zero-order valence-corrected chi connectivity index (χ0v) is 13.1. The van der Waals surface area contributed by atoms with Gasteiger partial charge in [-0.3, -0.25) is 0 Å². The Morgan fingerprint density at radius 1 is 1.25 bits per heavy atom. The molecule has 3 atom stereocenters. The van der Waals surface area contributed by atoms with Gasteiger partial charge in [-0.2, -0.15) is 0 Å². The normalized spacial score (nSPS) is 38.2. The van der Waals surface area contributed by atoms with Gasteiger partial charge in [0.1, 0.15) is 0 Å². The molecular weight excluding hydrogens is 250 g/mol. The molecule has 0 amide bonds. The summed E-state index contributed by atoms with van der Waals surface area (Å²) in [7, 11) is 0. The van der Waals surface area contributed by atoms with E-state index in [0.717, 1.165) is 31.6 Å². The first-order valence-corrected chi connectivity index (χ1v) is 8.20. The van der Waals surface area contributed by atoms with Gasteiger partial charge in [-0.1, -0.05) is 20.8 Å². The number of hydrogen-bond donors (Lipinski definition) is 1. The smallest absolute Gasteiger partial charge is 0.191 e. The van der Waals surface area contributed by atoms with Gasteiger partial charge >= 0.3 is 0 Å². The maximum atomic E-state index is 6.28. The van der Waals surface area contributed by atoms with Gasteiger partial charge in [0.15, 0.2) is 5.96 Å². The van der Waals surface area contributed by atoms with Crippen LogP contribution in [0.4, 0.5) is 0 Å². The molecule has 0 bridgehead atoms. The fourth-order valence-corrected chi connectivity index (χ4v) is 4.22. The Morgan fingerprint density at radius 3 is 2.65 bits per heavy atom. The number of nitrogens with two attached hydrogens (primary N) is 1. The van der Waals surface area contributed by atoms with Crippen LogP contribution in [0.1, 0.15) is 46.5 Å². The minimum atomic E-state index is 0.138. The van der Waals surface area contributed by atoms with Crippen molar-refractivity contribution in [1.29, 1.82) is 0 Å². The molecule has 3 aliphatic rings. The van der Waals surface area contributed by atoms with Gasteiger partial charge in [0.25, 0.3) is 0 Å². The van der Waals surface area contributed by atoms with Crippen molar-refractivity contribution in [3.63, 3.8) is 0 Å². The molecule has 20 heavy (non-hydrogen) atoms. The second-order valence-electron chi connectivity index (χ2n) is 7.52. The lowest BCUT2D eigenvalue weighted by Crippen LogP contribution is -2.64. The van der Waals surface area contributed by atoms with Crippen LogP contribution in [-0.2, 0) is 4.74 Å². The van der Waals surface area contributed by atoms with E-state index in [1.54, 1.807) is 0 Å². The van der Waals surface area contributed by atoms with Gasteiger partial charge in [0.05, 0.1) is 12.1 Å². The van der Waals surface area contributed by atoms with Crippen molar-refractivity contribution < 1.29 is 4.74 Å². The summed E-state index contributed by atoms with van der Waals surface area (Å²) in [6, 6.07) is 0.340. The Morgan fingerprint density at radius 2 is 1.95 bits per heavy atom. The standard InChI is InChI=1S/C16H29N3O/c1-11-6-8-19(9-7-11)15(17)18-13-12-5-4-10-20-14(12)16(13,2)3/h11-14H,4-10H2,1-3H3,(H2,17,18). The van der Waals surface area contributed by atoms with Crippen LogP contribution in [0.15, 0.2) is 4.99 Å². The van der Waals surface area contributed by atoms with Crippen molar-refractivity contribution >= 4 is 5.96 Å². The molecule has 4 heteroatoms. The van der Waals surface area contributed by atoms with Crippen molar-refractivity contribution in [2.45, 2.75) is 58.6 Å². The molecular formula is C16H29N3O. The summed E-state index contributed by atoms with van der Waals surface area (Å²) < 4.78 is 5.94. The SMILES string of the molecule is CC1CCN(C(N)=NC2C3CCCOC3C2(C)C)CC1. The molecule has 1 aliphatic carbocycles. The Labute approximate surface area is 122 Å². The second kappa shape index (κ2) is 5.21. The lowest BCUT2D eigenvalue weighted by Gasteiger charge is -2.58. The van der Waals surface area contributed by atoms with Crippen molar-refractivity contribution in [2.75, 3.05) is 19.7 Å². The largest absolute Gasteiger partial charge is 0.377 e. The minimum Gasteiger partial charge on any atom is -0.377 e. The molecule has 2 heterocycles. The Kier molecular flexibility index (Phi) is 3.69. The van der Waals surface area contributed by atoms with Crippen LogP contribution in [0.3, 0.4) is 0 Å². The van der Waals surface area contributed by atoms with E-state index in [1.165, 1.54) is 25.7 Å². The predicted octanol–water partition coefficient (Wildman–Crippen LogP) is 2.24. The summed E-state index contributed by atoms with van der Waals surface area (Å²) in [6.07, 6.45) is 5.27. The van der Waals surface area contributed by atoms with Gasteiger partial charge in [-0.25, -0.2) is 4.99 Å². The quantitative estimate of drug-likeness (QED) is 0.591. The van der Waals surface area contributed by atoms with E-state index in [9.17, 15) is 0 Å². The fourth-order valence-electron chi connectivity index (χ4n) is 4.22. The number of hydrogen-bond acceptors (Lipinski definition) is 2. The maximum Gasteiger partial charge on any atom is 0.191 e. The van der Waals surface area contributed by atoms with Gasteiger partial charge in [-0.15, -0.1) is 0 Å². The Balaban J connectivity index is 1.68. The summed E-state index contributed by atoms with van der Waals surface area (Å²) in [4.78, 5) is 7.18. The Hall–Kier alpha value is -0.770. The number of guanidine groups is 1. The molecule has 2 N–H and O–H groups in total. The van der Waals surface area contributed by atoms with Crippen LogP contribution in [-0.4, -0.2) is 42.7 Å². The van der Waals surface area contributed by atoms with Crippen LogP contribution in [0.25, 0.3) is 0 Å². The molecule has 114 valence electrons. The zero-order chi connectivity index (χ0) is 14.3. The van der Waals surface area contributed by atoms with E-state index in [1.807, 2.05) is 0 Å². The highest BCUT2D eigenvalue weighted by Crippen LogP contribution is 2.53. The van der Waals surface area contributed by atoms with E-state index >= 15 is 0 Å². The molecule has 0 radical (unpaired) electrons. The van der Waals surface area contributed by atoms with Crippen molar-refractivity contribution in [2.24, 2.45) is 28.0 Å². The van der Waals surface area contributed by atoms with Crippen LogP contribution < -0.4 is 5.73 Å². The highest BCUT2D eigenvalue weighted by molar-refractivity contribution is 5.78. The summed E-state index contributed by atoms with van der Waals surface area (Å²) >= 11 is 0. The van der Waals surface area contributed by atoms with Gasteiger partial charge < -0.3 is 15.4 Å². The number of likely N-dealkylation sites (tertiary alicyclic amines) is 1. The van der Waals surface area contributed by atoms with Gasteiger partial charge in [0.2, 0.25) is 0 Å². The van der Waals surface area contributed by atoms with E-state index in [4.69, 9.17) is 15.5 Å². The molecule has 3 fully saturated rings. The number of rotatable bonds is 1. The molecule has 2 aliphatic heterocycles. The highest BCUT2D eigenvalue weighted by Gasteiger charge is 2.58. The van der Waals surface area contributed by atoms with Gasteiger partial charge in [-0.05, 0) is 31.6 Å². The molecule has 0 aromatic carbocycles. The molecule has 3 unspecified atom stereocenters. The van der Waals surface area contributed by atoms with Crippen molar-refractivity contribution in [1.82, 2.24) is 4.90 Å². The molecule has 0 spiro atoms. The summed E-state index contributed by atoms with van der Waals surface area (Å²) in [5, 5.41) is 0. The topological polar surface area (TPSA) is 50.8 Å². The monoisotopic (exact) mass is 279 g/mol. The zero-order valence-electron chi connectivity index (χ0n) is 13.1. The Bertz CT molecular complexity index is 385. The van der Waals surface area contributed by atoms with Crippen molar-refractivity contribution in [3.05, 3.63) is 0 Å². The average Bonchev–Trinajstić information content (AvgIpc) is 2.45. The van der Waals surface area contributed by atoms with E-state index < -0.39 is 0 Å². The van der Waals surface area contributed by atoms with Crippen LogP contribution in [0, 0.1) is 17.3 Å². The molecule has 2 saturated heterocycles. The lowest BCUT2D eigenvalue weighted by atomic mass is 9.55. The molecule has 3 rings (SSSR count). The third-order valence-corrected chi connectivity index (χ3v) is 5.65. The first-order chi connectivity index (χ1) is 9.50. The third kappa shape index (κ3) is 2.32. The number of nitrogens with zero attached hydrogens (tertiary/aromatic N) is 2. The fraction of sp³-hybridized carbons (Fsp3) is 0.938.